The van der Waals surface area contributed by atoms with Crippen LogP contribution < -0.4 is 0 Å². The normalized spacial score (nSPS) is 22.1. The standard InChI is InChI=1S/C20H25Cl2NO3/c1-12(2)17-11-26-20(25)23(17)19(24)15(10-13-6-3-4-7-13)14-8-5-9-16(21)18(14)22/h5,8-9,12-13,15,17H,3-4,6-7,10-11H2,1-2H3/t15-,17-/m1/s1. The van der Waals surface area contributed by atoms with Gasteiger partial charge in [0.2, 0.25) is 5.91 Å². The van der Waals surface area contributed by atoms with Gasteiger partial charge in [0, 0.05) is 0 Å². The number of rotatable bonds is 5. The topological polar surface area (TPSA) is 46.6 Å². The second-order valence-electron chi connectivity index (χ2n) is 7.68. The number of imide groups is 1. The van der Waals surface area contributed by atoms with Crippen LogP contribution in [0, 0.1) is 11.8 Å². The van der Waals surface area contributed by atoms with Crippen molar-refractivity contribution in [1.29, 1.82) is 0 Å². The molecule has 0 radical (unpaired) electrons. The minimum absolute atomic E-state index is 0.132. The summed E-state index contributed by atoms with van der Waals surface area (Å²) in [5, 5.41) is 0.831. The number of amides is 2. The van der Waals surface area contributed by atoms with Crippen LogP contribution in [0.4, 0.5) is 4.79 Å². The summed E-state index contributed by atoms with van der Waals surface area (Å²) >= 11 is 12.6. The van der Waals surface area contributed by atoms with Crippen molar-refractivity contribution in [2.45, 2.75) is 57.9 Å². The fourth-order valence-electron chi connectivity index (χ4n) is 4.08. The maximum absolute atomic E-state index is 13.4. The van der Waals surface area contributed by atoms with E-state index in [1.807, 2.05) is 19.9 Å². The molecule has 2 aliphatic rings. The number of hydrogen-bond acceptors (Lipinski definition) is 3. The van der Waals surface area contributed by atoms with Gasteiger partial charge in [0.25, 0.3) is 0 Å². The Balaban J connectivity index is 1.95. The van der Waals surface area contributed by atoms with Gasteiger partial charge in [0.15, 0.2) is 0 Å². The zero-order valence-electron chi connectivity index (χ0n) is 15.2. The molecular weight excluding hydrogens is 373 g/mol. The van der Waals surface area contributed by atoms with Gasteiger partial charge in [-0.2, -0.15) is 0 Å². The molecule has 0 unspecified atom stereocenters. The van der Waals surface area contributed by atoms with Crippen LogP contribution in [0.5, 0.6) is 0 Å². The van der Waals surface area contributed by atoms with Crippen molar-refractivity contribution in [3.63, 3.8) is 0 Å². The predicted molar refractivity (Wildman–Crippen MR) is 103 cm³/mol. The van der Waals surface area contributed by atoms with Gasteiger partial charge in [0.05, 0.1) is 22.0 Å². The Morgan fingerprint density at radius 3 is 2.62 bits per heavy atom. The summed E-state index contributed by atoms with van der Waals surface area (Å²) in [6.07, 6.45) is 4.74. The molecule has 3 rings (SSSR count). The lowest BCUT2D eigenvalue weighted by atomic mass is 9.86. The van der Waals surface area contributed by atoms with Crippen molar-refractivity contribution < 1.29 is 14.3 Å². The van der Waals surface area contributed by atoms with Crippen molar-refractivity contribution in [3.05, 3.63) is 33.8 Å². The molecule has 0 aromatic heterocycles. The number of benzene rings is 1. The average Bonchev–Trinajstić information content (AvgIpc) is 3.24. The number of carbonyl (C=O) groups is 2. The van der Waals surface area contributed by atoms with Gasteiger partial charge in [-0.05, 0) is 29.9 Å². The number of hydrogen-bond donors (Lipinski definition) is 0. The summed E-state index contributed by atoms with van der Waals surface area (Å²) in [6, 6.07) is 5.13. The fourth-order valence-corrected chi connectivity index (χ4v) is 4.52. The SMILES string of the molecule is CC(C)[C@H]1COC(=O)N1C(=O)[C@H](CC1CCCC1)c1cccc(Cl)c1Cl. The van der Waals surface area contributed by atoms with Crippen LogP contribution in [-0.4, -0.2) is 29.5 Å². The van der Waals surface area contributed by atoms with Crippen LogP contribution in [0.15, 0.2) is 18.2 Å². The second kappa shape index (κ2) is 8.18. The molecule has 0 bridgehead atoms. The zero-order chi connectivity index (χ0) is 18.8. The van der Waals surface area contributed by atoms with Gasteiger partial charge in [-0.15, -0.1) is 0 Å². The third kappa shape index (κ3) is 3.86. The van der Waals surface area contributed by atoms with Crippen molar-refractivity contribution in [1.82, 2.24) is 4.90 Å². The first-order valence-corrected chi connectivity index (χ1v) is 10.1. The lowest BCUT2D eigenvalue weighted by Gasteiger charge is -2.29. The molecule has 1 saturated carbocycles. The van der Waals surface area contributed by atoms with Crippen molar-refractivity contribution in [2.24, 2.45) is 11.8 Å². The monoisotopic (exact) mass is 397 g/mol. The molecule has 2 atom stereocenters. The summed E-state index contributed by atoms with van der Waals surface area (Å²) in [4.78, 5) is 27.0. The van der Waals surface area contributed by atoms with Crippen LogP contribution in [0.2, 0.25) is 10.0 Å². The van der Waals surface area contributed by atoms with Crippen LogP contribution in [0.25, 0.3) is 0 Å². The predicted octanol–water partition coefficient (Wildman–Crippen LogP) is 5.66. The summed E-state index contributed by atoms with van der Waals surface area (Å²) in [5.74, 6) is -0.0963. The molecular formula is C20H25Cl2NO3. The van der Waals surface area contributed by atoms with Gasteiger partial charge in [-0.3, -0.25) is 4.79 Å². The average molecular weight is 398 g/mol. The Bertz CT molecular complexity index is 686. The van der Waals surface area contributed by atoms with Crippen LogP contribution >= 0.6 is 23.2 Å². The third-order valence-electron chi connectivity index (χ3n) is 5.61. The summed E-state index contributed by atoms with van der Waals surface area (Å²) in [7, 11) is 0. The molecule has 4 nitrogen and oxygen atoms in total. The van der Waals surface area contributed by atoms with Crippen LogP contribution in [-0.2, 0) is 9.53 Å². The Hall–Kier alpha value is -1.26. The Kier molecular flexibility index (Phi) is 6.13. The van der Waals surface area contributed by atoms with Crippen molar-refractivity contribution >= 4 is 35.2 Å². The van der Waals surface area contributed by atoms with E-state index in [0.717, 1.165) is 12.8 Å². The van der Waals surface area contributed by atoms with E-state index in [1.54, 1.807) is 12.1 Å². The Morgan fingerprint density at radius 1 is 1.27 bits per heavy atom. The van der Waals surface area contributed by atoms with Gasteiger partial charge in [-0.25, -0.2) is 9.69 Å². The van der Waals surface area contributed by atoms with Gasteiger partial charge in [-0.1, -0.05) is 74.9 Å². The van der Waals surface area contributed by atoms with Gasteiger partial charge >= 0.3 is 6.09 Å². The molecule has 0 N–H and O–H groups in total. The summed E-state index contributed by atoms with van der Waals surface area (Å²) in [5.41, 5.74) is 0.707. The smallest absolute Gasteiger partial charge is 0.417 e. The highest BCUT2D eigenvalue weighted by molar-refractivity contribution is 6.42. The molecule has 1 aliphatic carbocycles. The Labute approximate surface area is 164 Å². The molecule has 1 aromatic rings. The minimum Gasteiger partial charge on any atom is -0.447 e. The van der Waals surface area contributed by atoms with E-state index >= 15 is 0 Å². The molecule has 6 heteroatoms. The van der Waals surface area contributed by atoms with Crippen LogP contribution in [0.3, 0.4) is 0 Å². The van der Waals surface area contributed by atoms with E-state index in [-0.39, 0.29) is 24.5 Å². The maximum Gasteiger partial charge on any atom is 0.417 e. The first-order valence-electron chi connectivity index (χ1n) is 9.34. The maximum atomic E-state index is 13.4. The Morgan fingerprint density at radius 2 is 1.96 bits per heavy atom. The fraction of sp³-hybridized carbons (Fsp3) is 0.600. The van der Waals surface area contributed by atoms with Gasteiger partial charge < -0.3 is 4.74 Å². The summed E-state index contributed by atoms with van der Waals surface area (Å²) in [6.45, 7) is 4.23. The lowest BCUT2D eigenvalue weighted by Crippen LogP contribution is -2.44. The van der Waals surface area contributed by atoms with E-state index in [2.05, 4.69) is 0 Å². The molecule has 2 fully saturated rings. The highest BCUT2D eigenvalue weighted by Gasteiger charge is 2.43. The summed E-state index contributed by atoms with van der Waals surface area (Å²) < 4.78 is 5.18. The number of ether oxygens (including phenoxy) is 1. The lowest BCUT2D eigenvalue weighted by molar-refractivity contribution is -0.131. The first-order chi connectivity index (χ1) is 12.4. The van der Waals surface area contributed by atoms with E-state index < -0.39 is 12.0 Å². The third-order valence-corrected chi connectivity index (χ3v) is 6.45. The van der Waals surface area contributed by atoms with E-state index in [4.69, 9.17) is 27.9 Å². The van der Waals surface area contributed by atoms with Crippen molar-refractivity contribution in [2.75, 3.05) is 6.61 Å². The number of halogens is 2. The molecule has 142 valence electrons. The minimum atomic E-state index is -0.553. The highest BCUT2D eigenvalue weighted by atomic mass is 35.5. The first kappa shape index (κ1) is 19.5. The molecule has 1 heterocycles. The molecule has 1 aromatic carbocycles. The van der Waals surface area contributed by atoms with Gasteiger partial charge in [0.1, 0.15) is 6.61 Å². The molecule has 1 saturated heterocycles. The van der Waals surface area contributed by atoms with Crippen molar-refractivity contribution in [3.8, 4) is 0 Å². The molecule has 1 aliphatic heterocycles. The molecule has 0 spiro atoms. The number of nitrogens with zero attached hydrogens (tertiary/aromatic N) is 1. The second-order valence-corrected chi connectivity index (χ2v) is 8.46. The number of cyclic esters (lactones) is 1. The van der Waals surface area contributed by atoms with E-state index in [1.165, 1.54) is 17.7 Å². The highest BCUT2D eigenvalue weighted by Crippen LogP contribution is 2.40. The molecule has 2 amide bonds. The van der Waals surface area contributed by atoms with Crippen LogP contribution in [0.1, 0.15) is 57.4 Å². The largest absolute Gasteiger partial charge is 0.447 e. The quantitative estimate of drug-likeness (QED) is 0.643. The zero-order valence-corrected chi connectivity index (χ0v) is 16.7. The van der Waals surface area contributed by atoms with E-state index in [9.17, 15) is 9.59 Å². The number of carbonyl (C=O) groups excluding carboxylic acids is 2. The molecule has 26 heavy (non-hydrogen) atoms. The van der Waals surface area contributed by atoms with E-state index in [0.29, 0.717) is 27.9 Å².